The summed E-state index contributed by atoms with van der Waals surface area (Å²) in [6.45, 7) is 5.95. The van der Waals surface area contributed by atoms with E-state index in [9.17, 15) is 4.79 Å². The standard InChI is InChI=1S/C15H26N4O2/c1-3-8-18-9-7-17-14(15(18)20)19(10-11-21-2)12-13-5-4-6-16-13/h7,9,13,16H,3-6,8,10-12H2,1-2H3. The van der Waals surface area contributed by atoms with Crippen molar-refractivity contribution in [3.63, 3.8) is 0 Å². The highest BCUT2D eigenvalue weighted by atomic mass is 16.5. The average Bonchev–Trinajstić information content (AvgIpc) is 2.99. The molecule has 1 aliphatic rings. The van der Waals surface area contributed by atoms with E-state index in [0.717, 1.165) is 32.5 Å². The van der Waals surface area contributed by atoms with Gasteiger partial charge in [-0.05, 0) is 25.8 Å². The summed E-state index contributed by atoms with van der Waals surface area (Å²) in [4.78, 5) is 18.9. The first-order chi connectivity index (χ1) is 10.3. The predicted molar refractivity (Wildman–Crippen MR) is 83.9 cm³/mol. The molecule has 0 amide bonds. The van der Waals surface area contributed by atoms with Crippen molar-refractivity contribution in [2.24, 2.45) is 0 Å². The monoisotopic (exact) mass is 294 g/mol. The Morgan fingerprint density at radius 1 is 1.57 bits per heavy atom. The SMILES string of the molecule is CCCn1ccnc(N(CCOC)CC2CCCN2)c1=O. The van der Waals surface area contributed by atoms with Crippen molar-refractivity contribution >= 4 is 5.82 Å². The van der Waals surface area contributed by atoms with Crippen LogP contribution in [0.4, 0.5) is 5.82 Å². The fourth-order valence-electron chi connectivity index (χ4n) is 2.73. The Balaban J connectivity index is 2.18. The molecule has 1 aromatic rings. The van der Waals surface area contributed by atoms with Gasteiger partial charge in [0.1, 0.15) is 0 Å². The maximum atomic E-state index is 12.5. The minimum atomic E-state index is -0.00606. The first kappa shape index (κ1) is 16.0. The van der Waals surface area contributed by atoms with Gasteiger partial charge in [-0.15, -0.1) is 0 Å². The lowest BCUT2D eigenvalue weighted by Gasteiger charge is -2.26. The second-order valence-electron chi connectivity index (χ2n) is 5.48. The number of anilines is 1. The van der Waals surface area contributed by atoms with Gasteiger partial charge in [0, 0.05) is 45.2 Å². The van der Waals surface area contributed by atoms with Gasteiger partial charge in [-0.2, -0.15) is 0 Å². The summed E-state index contributed by atoms with van der Waals surface area (Å²) >= 11 is 0. The van der Waals surface area contributed by atoms with Crippen LogP contribution in [0, 0.1) is 0 Å². The van der Waals surface area contributed by atoms with E-state index in [0.29, 0.717) is 25.0 Å². The van der Waals surface area contributed by atoms with Crippen molar-refractivity contribution in [1.29, 1.82) is 0 Å². The summed E-state index contributed by atoms with van der Waals surface area (Å²) in [6.07, 6.45) is 6.77. The van der Waals surface area contributed by atoms with Gasteiger partial charge in [-0.3, -0.25) is 4.79 Å². The van der Waals surface area contributed by atoms with E-state index in [1.807, 2.05) is 0 Å². The second kappa shape index (κ2) is 8.14. The van der Waals surface area contributed by atoms with E-state index in [1.165, 1.54) is 6.42 Å². The Bertz CT molecular complexity index is 483. The molecule has 0 spiro atoms. The number of nitrogens with zero attached hydrogens (tertiary/aromatic N) is 3. The van der Waals surface area contributed by atoms with Crippen LogP contribution in [0.15, 0.2) is 17.2 Å². The molecule has 21 heavy (non-hydrogen) atoms. The highest BCUT2D eigenvalue weighted by Crippen LogP contribution is 2.11. The van der Waals surface area contributed by atoms with E-state index < -0.39 is 0 Å². The number of aryl methyl sites for hydroxylation is 1. The Morgan fingerprint density at radius 3 is 3.10 bits per heavy atom. The molecule has 6 heteroatoms. The zero-order valence-electron chi connectivity index (χ0n) is 13.0. The average molecular weight is 294 g/mol. The number of ether oxygens (including phenoxy) is 1. The zero-order chi connectivity index (χ0) is 15.1. The Hall–Kier alpha value is -1.40. The summed E-state index contributed by atoms with van der Waals surface area (Å²) in [5.41, 5.74) is -0.00606. The Morgan fingerprint density at radius 2 is 2.43 bits per heavy atom. The molecule has 6 nitrogen and oxygen atoms in total. The molecule has 1 N–H and O–H groups in total. The molecule has 1 fully saturated rings. The van der Waals surface area contributed by atoms with Crippen molar-refractivity contribution in [3.05, 3.63) is 22.7 Å². The molecule has 1 aromatic heterocycles. The number of aromatic nitrogens is 2. The first-order valence-corrected chi connectivity index (χ1v) is 7.79. The molecule has 0 bridgehead atoms. The van der Waals surface area contributed by atoms with Crippen LogP contribution in [0.5, 0.6) is 0 Å². The van der Waals surface area contributed by atoms with Gasteiger partial charge in [-0.1, -0.05) is 6.92 Å². The molecular formula is C15H26N4O2. The summed E-state index contributed by atoms with van der Waals surface area (Å²) < 4.78 is 6.92. The number of nitrogens with one attached hydrogen (secondary N) is 1. The maximum Gasteiger partial charge on any atom is 0.293 e. The lowest BCUT2D eigenvalue weighted by molar-refractivity contribution is 0.204. The molecule has 1 atom stereocenters. The maximum absolute atomic E-state index is 12.5. The predicted octanol–water partition coefficient (Wildman–Crippen LogP) is 0.858. The van der Waals surface area contributed by atoms with Crippen LogP contribution in [0.1, 0.15) is 26.2 Å². The molecule has 118 valence electrons. The van der Waals surface area contributed by atoms with Crippen molar-refractivity contribution in [1.82, 2.24) is 14.9 Å². The topological polar surface area (TPSA) is 59.4 Å². The van der Waals surface area contributed by atoms with E-state index in [-0.39, 0.29) is 5.56 Å². The van der Waals surface area contributed by atoms with Gasteiger partial charge >= 0.3 is 0 Å². The smallest absolute Gasteiger partial charge is 0.293 e. The molecule has 0 aromatic carbocycles. The van der Waals surface area contributed by atoms with Crippen molar-refractivity contribution in [3.8, 4) is 0 Å². The van der Waals surface area contributed by atoms with Crippen LogP contribution in [-0.2, 0) is 11.3 Å². The quantitative estimate of drug-likeness (QED) is 0.770. The van der Waals surface area contributed by atoms with Crippen molar-refractivity contribution in [2.45, 2.75) is 38.8 Å². The highest BCUT2D eigenvalue weighted by Gasteiger charge is 2.21. The van der Waals surface area contributed by atoms with Gasteiger partial charge in [0.15, 0.2) is 5.82 Å². The third-order valence-electron chi connectivity index (χ3n) is 3.83. The largest absolute Gasteiger partial charge is 0.383 e. The normalized spacial score (nSPS) is 18.1. The molecule has 1 unspecified atom stereocenters. The number of hydrogen-bond acceptors (Lipinski definition) is 5. The third kappa shape index (κ3) is 4.28. The number of hydrogen-bond donors (Lipinski definition) is 1. The molecule has 0 saturated carbocycles. The van der Waals surface area contributed by atoms with Crippen LogP contribution in [0.25, 0.3) is 0 Å². The molecule has 0 radical (unpaired) electrons. The van der Waals surface area contributed by atoms with Crippen LogP contribution in [-0.4, -0.2) is 48.9 Å². The van der Waals surface area contributed by atoms with Crippen LogP contribution in [0.3, 0.4) is 0 Å². The second-order valence-corrected chi connectivity index (χ2v) is 5.48. The Labute approximate surface area is 126 Å². The van der Waals surface area contributed by atoms with E-state index in [1.54, 1.807) is 24.1 Å². The van der Waals surface area contributed by atoms with Crippen molar-refractivity contribution < 1.29 is 4.74 Å². The fourth-order valence-corrected chi connectivity index (χ4v) is 2.73. The first-order valence-electron chi connectivity index (χ1n) is 7.79. The molecule has 1 saturated heterocycles. The summed E-state index contributed by atoms with van der Waals surface area (Å²) in [5.74, 6) is 0.539. The molecule has 0 aliphatic carbocycles. The zero-order valence-corrected chi connectivity index (χ0v) is 13.0. The van der Waals surface area contributed by atoms with Gasteiger partial charge in [0.05, 0.1) is 6.61 Å². The van der Waals surface area contributed by atoms with Gasteiger partial charge in [0.2, 0.25) is 0 Å². The third-order valence-corrected chi connectivity index (χ3v) is 3.83. The van der Waals surface area contributed by atoms with Gasteiger partial charge < -0.3 is 19.5 Å². The molecule has 2 rings (SSSR count). The van der Waals surface area contributed by atoms with Gasteiger partial charge in [-0.25, -0.2) is 4.98 Å². The van der Waals surface area contributed by atoms with Crippen molar-refractivity contribution in [2.75, 3.05) is 38.3 Å². The molecule has 1 aliphatic heterocycles. The molecule has 2 heterocycles. The fraction of sp³-hybridized carbons (Fsp3) is 0.733. The molecular weight excluding hydrogens is 268 g/mol. The van der Waals surface area contributed by atoms with Crippen LogP contribution >= 0.6 is 0 Å². The summed E-state index contributed by atoms with van der Waals surface area (Å²) in [5, 5.41) is 3.47. The minimum absolute atomic E-state index is 0.00606. The minimum Gasteiger partial charge on any atom is -0.383 e. The van der Waals surface area contributed by atoms with Crippen LogP contribution < -0.4 is 15.8 Å². The van der Waals surface area contributed by atoms with E-state index in [4.69, 9.17) is 4.74 Å². The lowest BCUT2D eigenvalue weighted by atomic mass is 10.2. The van der Waals surface area contributed by atoms with Gasteiger partial charge in [0.25, 0.3) is 5.56 Å². The van der Waals surface area contributed by atoms with Crippen LogP contribution in [0.2, 0.25) is 0 Å². The highest BCUT2D eigenvalue weighted by molar-refractivity contribution is 5.36. The Kier molecular flexibility index (Phi) is 6.20. The summed E-state index contributed by atoms with van der Waals surface area (Å²) in [7, 11) is 1.68. The summed E-state index contributed by atoms with van der Waals surface area (Å²) in [6, 6.07) is 0.433. The lowest BCUT2D eigenvalue weighted by Crippen LogP contribution is -2.43. The number of methoxy groups -OCH3 is 1. The number of rotatable bonds is 8. The van der Waals surface area contributed by atoms with E-state index in [2.05, 4.69) is 22.1 Å². The van der Waals surface area contributed by atoms with E-state index >= 15 is 0 Å².